The fourth-order valence-corrected chi connectivity index (χ4v) is 3.46. The van der Waals surface area contributed by atoms with E-state index in [0.717, 1.165) is 20.6 Å². The maximum absolute atomic E-state index is 12.4. The van der Waals surface area contributed by atoms with Crippen molar-refractivity contribution < 1.29 is 9.90 Å². The van der Waals surface area contributed by atoms with Gasteiger partial charge in [-0.3, -0.25) is 4.79 Å². The summed E-state index contributed by atoms with van der Waals surface area (Å²) >= 11 is 5.01. The molecule has 0 unspecified atom stereocenters. The van der Waals surface area contributed by atoms with Crippen LogP contribution in [0.2, 0.25) is 0 Å². The molecule has 2 rings (SSSR count). The monoisotopic (exact) mass is 353 g/mol. The van der Waals surface area contributed by atoms with Gasteiger partial charge in [0, 0.05) is 11.9 Å². The maximum atomic E-state index is 12.4. The molecule has 2 aromatic rings. The van der Waals surface area contributed by atoms with Gasteiger partial charge in [0.15, 0.2) is 0 Å². The van der Waals surface area contributed by atoms with Crippen molar-refractivity contribution in [2.75, 3.05) is 7.05 Å². The normalized spacial score (nSPS) is 10.6. The minimum Gasteiger partial charge on any atom is -0.507 e. The summed E-state index contributed by atoms with van der Waals surface area (Å²) in [6.07, 6.45) is 0.835. The van der Waals surface area contributed by atoms with Crippen LogP contribution in [0.25, 0.3) is 0 Å². The molecule has 0 atom stereocenters. The predicted molar refractivity (Wildman–Crippen MR) is 85.3 cm³/mol. The second-order valence-electron chi connectivity index (χ2n) is 4.57. The number of thiophene rings is 1. The van der Waals surface area contributed by atoms with Gasteiger partial charge in [-0.05, 0) is 52.2 Å². The summed E-state index contributed by atoms with van der Waals surface area (Å²) in [5, 5.41) is 9.87. The van der Waals surface area contributed by atoms with Crippen LogP contribution in [-0.4, -0.2) is 23.0 Å². The molecule has 0 aliphatic heterocycles. The molecule has 0 spiro atoms. The van der Waals surface area contributed by atoms with Crippen molar-refractivity contribution in [3.63, 3.8) is 0 Å². The number of aryl methyl sites for hydroxylation is 1. The van der Waals surface area contributed by atoms with Crippen molar-refractivity contribution in [2.45, 2.75) is 19.9 Å². The van der Waals surface area contributed by atoms with Crippen molar-refractivity contribution in [1.82, 2.24) is 4.90 Å². The molecule has 0 fully saturated rings. The van der Waals surface area contributed by atoms with Crippen LogP contribution < -0.4 is 0 Å². The van der Waals surface area contributed by atoms with Gasteiger partial charge in [0.05, 0.1) is 15.9 Å². The molecule has 20 heavy (non-hydrogen) atoms. The van der Waals surface area contributed by atoms with E-state index in [1.807, 2.05) is 25.1 Å². The summed E-state index contributed by atoms with van der Waals surface area (Å²) in [5.41, 5.74) is 1.40. The summed E-state index contributed by atoms with van der Waals surface area (Å²) in [7, 11) is 1.74. The Bertz CT molecular complexity index is 624. The van der Waals surface area contributed by atoms with E-state index in [1.54, 1.807) is 35.4 Å². The highest BCUT2D eigenvalue weighted by molar-refractivity contribution is 9.11. The molecule has 1 amide bonds. The van der Waals surface area contributed by atoms with E-state index < -0.39 is 0 Å². The van der Waals surface area contributed by atoms with E-state index in [9.17, 15) is 9.90 Å². The van der Waals surface area contributed by atoms with Crippen molar-refractivity contribution in [1.29, 1.82) is 0 Å². The average Bonchev–Trinajstić information content (AvgIpc) is 2.84. The predicted octanol–water partition coefficient (Wildman–Crippen LogP) is 4.05. The minimum atomic E-state index is -0.165. The van der Waals surface area contributed by atoms with E-state index in [4.69, 9.17) is 0 Å². The van der Waals surface area contributed by atoms with Crippen molar-refractivity contribution in [3.05, 3.63) is 50.1 Å². The molecule has 1 heterocycles. The van der Waals surface area contributed by atoms with Crippen LogP contribution in [0.15, 0.2) is 34.1 Å². The van der Waals surface area contributed by atoms with Crippen LogP contribution in [0.4, 0.5) is 0 Å². The van der Waals surface area contributed by atoms with Crippen LogP contribution >= 0.6 is 27.3 Å². The number of rotatable bonds is 4. The fraction of sp³-hybridized carbons (Fsp3) is 0.267. The number of carbonyl (C=O) groups excluding carboxylic acids is 1. The highest BCUT2D eigenvalue weighted by Crippen LogP contribution is 2.25. The molecule has 1 N–H and O–H groups in total. The molecule has 0 aliphatic rings. The number of carbonyl (C=O) groups is 1. The number of aromatic hydroxyl groups is 1. The van der Waals surface area contributed by atoms with Gasteiger partial charge in [-0.25, -0.2) is 0 Å². The molecule has 0 saturated heterocycles. The smallest absolute Gasteiger partial charge is 0.257 e. The Morgan fingerprint density at radius 1 is 1.35 bits per heavy atom. The number of benzene rings is 1. The highest BCUT2D eigenvalue weighted by Gasteiger charge is 2.17. The van der Waals surface area contributed by atoms with Crippen LogP contribution in [0.1, 0.15) is 27.7 Å². The third-order valence-electron chi connectivity index (χ3n) is 3.07. The molecule has 3 nitrogen and oxygen atoms in total. The lowest BCUT2D eigenvalue weighted by atomic mass is 10.1. The topological polar surface area (TPSA) is 40.5 Å². The SMILES string of the molecule is CCc1ccc(O)c(C(=O)N(C)Cc2ccc(Br)s2)c1. The Morgan fingerprint density at radius 3 is 2.70 bits per heavy atom. The molecule has 5 heteroatoms. The van der Waals surface area contributed by atoms with Crippen LogP contribution in [0.5, 0.6) is 5.75 Å². The first-order chi connectivity index (χ1) is 9.51. The van der Waals surface area contributed by atoms with Crippen LogP contribution in [-0.2, 0) is 13.0 Å². The fourth-order valence-electron chi connectivity index (χ4n) is 1.92. The van der Waals surface area contributed by atoms with Gasteiger partial charge in [0.1, 0.15) is 5.75 Å². The quantitative estimate of drug-likeness (QED) is 0.900. The van der Waals surface area contributed by atoms with E-state index in [0.29, 0.717) is 12.1 Å². The van der Waals surface area contributed by atoms with E-state index >= 15 is 0 Å². The van der Waals surface area contributed by atoms with Gasteiger partial charge in [-0.2, -0.15) is 0 Å². The second-order valence-corrected chi connectivity index (χ2v) is 7.12. The maximum Gasteiger partial charge on any atom is 0.257 e. The van der Waals surface area contributed by atoms with Crippen LogP contribution in [0, 0.1) is 0 Å². The van der Waals surface area contributed by atoms with E-state index in [-0.39, 0.29) is 11.7 Å². The van der Waals surface area contributed by atoms with Crippen LogP contribution in [0.3, 0.4) is 0 Å². The minimum absolute atomic E-state index is 0.0337. The number of nitrogens with zero attached hydrogens (tertiary/aromatic N) is 1. The lowest BCUT2D eigenvalue weighted by Gasteiger charge is -2.17. The third kappa shape index (κ3) is 3.41. The lowest BCUT2D eigenvalue weighted by molar-refractivity contribution is 0.0783. The van der Waals surface area contributed by atoms with Gasteiger partial charge in [0.25, 0.3) is 5.91 Å². The molecule has 0 radical (unpaired) electrons. The Balaban J connectivity index is 2.17. The summed E-state index contributed by atoms with van der Waals surface area (Å²) in [4.78, 5) is 15.1. The number of halogens is 1. The first-order valence-electron chi connectivity index (χ1n) is 6.32. The number of phenols is 1. The number of hydrogen-bond acceptors (Lipinski definition) is 3. The Kier molecular flexibility index (Phi) is 4.83. The highest BCUT2D eigenvalue weighted by atomic mass is 79.9. The molecule has 0 aliphatic carbocycles. The molecular weight excluding hydrogens is 338 g/mol. The van der Waals surface area contributed by atoms with E-state index in [2.05, 4.69) is 15.9 Å². The molecular formula is C15H16BrNO2S. The average molecular weight is 354 g/mol. The molecule has 106 valence electrons. The molecule has 1 aromatic carbocycles. The molecule has 0 bridgehead atoms. The van der Waals surface area contributed by atoms with Gasteiger partial charge in [-0.1, -0.05) is 13.0 Å². The third-order valence-corrected chi connectivity index (χ3v) is 4.68. The first kappa shape index (κ1) is 15.1. The standard InChI is InChI=1S/C15H16BrNO2S/c1-3-10-4-6-13(18)12(8-10)15(19)17(2)9-11-5-7-14(16)20-11/h4-8,18H,3,9H2,1-2H3. The summed E-state index contributed by atoms with van der Waals surface area (Å²) in [5.74, 6) is -0.131. The van der Waals surface area contributed by atoms with E-state index in [1.165, 1.54) is 0 Å². The van der Waals surface area contributed by atoms with Crippen molar-refractivity contribution >= 4 is 33.2 Å². The lowest BCUT2D eigenvalue weighted by Crippen LogP contribution is -2.26. The van der Waals surface area contributed by atoms with Gasteiger partial charge < -0.3 is 10.0 Å². The summed E-state index contributed by atoms with van der Waals surface area (Å²) in [6, 6.07) is 9.14. The van der Waals surface area contributed by atoms with Gasteiger partial charge >= 0.3 is 0 Å². The largest absolute Gasteiger partial charge is 0.507 e. The zero-order valence-corrected chi connectivity index (χ0v) is 13.8. The zero-order valence-electron chi connectivity index (χ0n) is 11.4. The van der Waals surface area contributed by atoms with Crippen molar-refractivity contribution in [2.24, 2.45) is 0 Å². The Labute approximate surface area is 131 Å². The zero-order chi connectivity index (χ0) is 14.7. The van der Waals surface area contributed by atoms with Crippen molar-refractivity contribution in [3.8, 4) is 5.75 Å². The first-order valence-corrected chi connectivity index (χ1v) is 7.93. The van der Waals surface area contributed by atoms with Gasteiger partial charge in [0.2, 0.25) is 0 Å². The molecule has 1 aromatic heterocycles. The molecule has 0 saturated carbocycles. The Hall–Kier alpha value is -1.33. The summed E-state index contributed by atoms with van der Waals surface area (Å²) < 4.78 is 1.05. The number of hydrogen-bond donors (Lipinski definition) is 1. The summed E-state index contributed by atoms with van der Waals surface area (Å²) in [6.45, 7) is 2.55. The Morgan fingerprint density at radius 2 is 2.10 bits per heavy atom. The van der Waals surface area contributed by atoms with Gasteiger partial charge in [-0.15, -0.1) is 11.3 Å². The number of amides is 1. The number of phenolic OH excluding ortho intramolecular Hbond substituents is 1. The second kappa shape index (κ2) is 6.41.